The molecule has 5 nitrogen and oxygen atoms in total. The molecule has 0 saturated carbocycles. The Morgan fingerprint density at radius 3 is 3.00 bits per heavy atom. The second-order valence-corrected chi connectivity index (χ2v) is 3.77. The molecule has 88 valence electrons. The van der Waals surface area contributed by atoms with Gasteiger partial charge in [-0.2, -0.15) is 5.26 Å². The third-order valence-electron chi connectivity index (χ3n) is 2.41. The number of ether oxygens (including phenoxy) is 2. The van der Waals surface area contributed by atoms with Gasteiger partial charge >= 0.3 is 0 Å². The molecule has 1 N–H and O–H groups in total. The van der Waals surface area contributed by atoms with E-state index in [1.165, 1.54) is 6.92 Å². The van der Waals surface area contributed by atoms with Gasteiger partial charge in [0.1, 0.15) is 6.04 Å². The second kappa shape index (κ2) is 4.74. The molecule has 0 radical (unpaired) electrons. The minimum atomic E-state index is -0.520. The lowest BCUT2D eigenvalue weighted by atomic mass is 10.1. The molecule has 0 aromatic heterocycles. The lowest BCUT2D eigenvalue weighted by molar-refractivity contribution is -0.119. The first-order valence-corrected chi connectivity index (χ1v) is 5.24. The van der Waals surface area contributed by atoms with Crippen molar-refractivity contribution in [3.05, 3.63) is 23.8 Å². The van der Waals surface area contributed by atoms with Gasteiger partial charge in [0.2, 0.25) is 12.7 Å². The second-order valence-electron chi connectivity index (χ2n) is 3.77. The molecule has 1 aliphatic rings. The van der Waals surface area contributed by atoms with Crippen LogP contribution in [0.2, 0.25) is 0 Å². The van der Waals surface area contributed by atoms with Crippen LogP contribution in [0.3, 0.4) is 0 Å². The number of nitrogens with zero attached hydrogens (tertiary/aromatic N) is 1. The summed E-state index contributed by atoms with van der Waals surface area (Å²) in [4.78, 5) is 10.9. The number of fused-ring (bicyclic) bond motifs is 1. The number of nitrogens with one attached hydrogen (secondary N) is 1. The summed E-state index contributed by atoms with van der Waals surface area (Å²) in [6.45, 7) is 1.62. The van der Waals surface area contributed by atoms with E-state index < -0.39 is 6.04 Å². The molecule has 17 heavy (non-hydrogen) atoms. The fourth-order valence-electron chi connectivity index (χ4n) is 1.68. The summed E-state index contributed by atoms with van der Waals surface area (Å²) in [5.41, 5.74) is 0.926. The van der Waals surface area contributed by atoms with Gasteiger partial charge in [-0.1, -0.05) is 6.07 Å². The Hall–Kier alpha value is -2.22. The minimum absolute atomic E-state index is 0.211. The molecule has 0 spiro atoms. The van der Waals surface area contributed by atoms with E-state index in [4.69, 9.17) is 14.7 Å². The molecule has 2 rings (SSSR count). The number of benzene rings is 1. The maximum absolute atomic E-state index is 10.9. The largest absolute Gasteiger partial charge is 0.454 e. The van der Waals surface area contributed by atoms with E-state index in [0.717, 1.165) is 5.56 Å². The van der Waals surface area contributed by atoms with Crippen molar-refractivity contribution in [2.75, 3.05) is 6.79 Å². The van der Waals surface area contributed by atoms with Gasteiger partial charge in [-0.25, -0.2) is 0 Å². The molecule has 0 saturated heterocycles. The van der Waals surface area contributed by atoms with Crippen molar-refractivity contribution >= 4 is 5.91 Å². The Morgan fingerprint density at radius 1 is 1.53 bits per heavy atom. The van der Waals surface area contributed by atoms with Crippen molar-refractivity contribution in [3.63, 3.8) is 0 Å². The lowest BCUT2D eigenvalue weighted by Gasteiger charge is -2.10. The number of carbonyl (C=O) groups is 1. The highest BCUT2D eigenvalue weighted by molar-refractivity contribution is 5.73. The maximum atomic E-state index is 10.9. The van der Waals surface area contributed by atoms with Crippen molar-refractivity contribution in [2.24, 2.45) is 0 Å². The van der Waals surface area contributed by atoms with Crippen LogP contribution in [0, 0.1) is 11.3 Å². The van der Waals surface area contributed by atoms with Crippen LogP contribution in [-0.2, 0) is 11.2 Å². The Kier molecular flexibility index (Phi) is 3.15. The third kappa shape index (κ3) is 2.67. The number of hydrogen-bond acceptors (Lipinski definition) is 4. The van der Waals surface area contributed by atoms with Crippen LogP contribution < -0.4 is 14.8 Å². The standard InChI is InChI=1S/C12H12N2O3/c1-8(15)14-10(6-13)4-9-2-3-11-12(5-9)17-7-16-11/h2-3,5,10H,4,7H2,1H3,(H,14,15). The summed E-state index contributed by atoms with van der Waals surface area (Å²) in [5, 5.41) is 11.5. The van der Waals surface area contributed by atoms with E-state index in [0.29, 0.717) is 17.9 Å². The highest BCUT2D eigenvalue weighted by Gasteiger charge is 2.15. The zero-order valence-corrected chi connectivity index (χ0v) is 9.40. The van der Waals surface area contributed by atoms with Gasteiger partial charge < -0.3 is 14.8 Å². The number of nitriles is 1. The molecule has 1 aliphatic heterocycles. The molecule has 0 fully saturated rings. The number of amides is 1. The summed E-state index contributed by atoms with van der Waals surface area (Å²) in [6, 6.07) is 7.02. The topological polar surface area (TPSA) is 71.4 Å². The van der Waals surface area contributed by atoms with E-state index in [1.54, 1.807) is 6.07 Å². The van der Waals surface area contributed by atoms with Crippen LogP contribution in [0.5, 0.6) is 11.5 Å². The van der Waals surface area contributed by atoms with Gasteiger partial charge in [-0.3, -0.25) is 4.79 Å². The normalized spacial score (nSPS) is 13.9. The Morgan fingerprint density at radius 2 is 2.29 bits per heavy atom. The van der Waals surface area contributed by atoms with Crippen LogP contribution in [0.25, 0.3) is 0 Å². The van der Waals surface area contributed by atoms with Crippen molar-refractivity contribution in [1.82, 2.24) is 5.32 Å². The van der Waals surface area contributed by atoms with Gasteiger partial charge in [0.05, 0.1) is 6.07 Å². The van der Waals surface area contributed by atoms with Gasteiger partial charge in [-0.05, 0) is 17.7 Å². The van der Waals surface area contributed by atoms with Gasteiger partial charge in [0, 0.05) is 13.3 Å². The van der Waals surface area contributed by atoms with E-state index in [-0.39, 0.29) is 12.7 Å². The third-order valence-corrected chi connectivity index (χ3v) is 2.41. The summed E-state index contributed by atoms with van der Waals surface area (Å²) in [6.07, 6.45) is 0.451. The quantitative estimate of drug-likeness (QED) is 0.843. The van der Waals surface area contributed by atoms with Gasteiger partial charge in [-0.15, -0.1) is 0 Å². The summed E-state index contributed by atoms with van der Waals surface area (Å²) >= 11 is 0. The average Bonchev–Trinajstić information content (AvgIpc) is 2.74. The summed E-state index contributed by atoms with van der Waals surface area (Å²) in [7, 11) is 0. The fraction of sp³-hybridized carbons (Fsp3) is 0.333. The van der Waals surface area contributed by atoms with Crippen LogP contribution in [0.1, 0.15) is 12.5 Å². The summed E-state index contributed by atoms with van der Waals surface area (Å²) in [5.74, 6) is 1.18. The van der Waals surface area contributed by atoms with Crippen molar-refractivity contribution in [2.45, 2.75) is 19.4 Å². The highest BCUT2D eigenvalue weighted by atomic mass is 16.7. The van der Waals surface area contributed by atoms with E-state index in [1.807, 2.05) is 18.2 Å². The molecule has 1 aromatic carbocycles. The molecule has 1 aromatic rings. The number of hydrogen-bond donors (Lipinski definition) is 1. The fourth-order valence-corrected chi connectivity index (χ4v) is 1.68. The van der Waals surface area contributed by atoms with Crippen LogP contribution in [-0.4, -0.2) is 18.7 Å². The first-order chi connectivity index (χ1) is 8.19. The molecule has 5 heteroatoms. The first kappa shape index (κ1) is 11.3. The molecule has 0 aliphatic carbocycles. The Labute approximate surface area is 98.9 Å². The monoisotopic (exact) mass is 232 g/mol. The highest BCUT2D eigenvalue weighted by Crippen LogP contribution is 2.32. The zero-order valence-electron chi connectivity index (χ0n) is 9.40. The molecule has 1 heterocycles. The van der Waals surface area contributed by atoms with E-state index >= 15 is 0 Å². The van der Waals surface area contributed by atoms with Crippen LogP contribution in [0.15, 0.2) is 18.2 Å². The average molecular weight is 232 g/mol. The smallest absolute Gasteiger partial charge is 0.231 e. The van der Waals surface area contributed by atoms with Crippen LogP contribution in [0.4, 0.5) is 0 Å². The summed E-state index contributed by atoms with van der Waals surface area (Å²) < 4.78 is 10.4. The van der Waals surface area contributed by atoms with Crippen molar-refractivity contribution in [3.8, 4) is 17.6 Å². The lowest BCUT2D eigenvalue weighted by Crippen LogP contribution is -2.33. The predicted octanol–water partition coefficient (Wildman–Crippen LogP) is 0.986. The SMILES string of the molecule is CC(=O)NC(C#N)Cc1ccc2c(c1)OCO2. The Balaban J connectivity index is 2.08. The zero-order chi connectivity index (χ0) is 12.3. The molecule has 1 unspecified atom stereocenters. The number of carbonyl (C=O) groups excluding carboxylic acids is 1. The van der Waals surface area contributed by atoms with Crippen LogP contribution >= 0.6 is 0 Å². The minimum Gasteiger partial charge on any atom is -0.454 e. The first-order valence-electron chi connectivity index (χ1n) is 5.24. The molecular formula is C12H12N2O3. The van der Waals surface area contributed by atoms with Gasteiger partial charge in [0.15, 0.2) is 11.5 Å². The number of rotatable bonds is 3. The van der Waals surface area contributed by atoms with Gasteiger partial charge in [0.25, 0.3) is 0 Å². The van der Waals surface area contributed by atoms with Crippen molar-refractivity contribution in [1.29, 1.82) is 5.26 Å². The molecular weight excluding hydrogens is 220 g/mol. The Bertz CT molecular complexity index is 479. The molecule has 1 atom stereocenters. The van der Waals surface area contributed by atoms with E-state index in [2.05, 4.69) is 5.32 Å². The van der Waals surface area contributed by atoms with Crippen molar-refractivity contribution < 1.29 is 14.3 Å². The molecule has 0 bridgehead atoms. The van der Waals surface area contributed by atoms with E-state index in [9.17, 15) is 4.79 Å². The maximum Gasteiger partial charge on any atom is 0.231 e. The molecule has 1 amide bonds. The predicted molar refractivity (Wildman–Crippen MR) is 59.5 cm³/mol.